The van der Waals surface area contributed by atoms with Crippen LogP contribution in [-0.2, 0) is 19.4 Å². The van der Waals surface area contributed by atoms with E-state index in [1.807, 2.05) is 65.6 Å². The Hall–Kier alpha value is -4.04. The molecule has 0 aliphatic carbocycles. The molecule has 4 rings (SSSR count). The maximum Gasteiger partial charge on any atom is 0.253 e. The highest BCUT2D eigenvalue weighted by atomic mass is 32.1. The van der Waals surface area contributed by atoms with Gasteiger partial charge in [0.25, 0.3) is 5.56 Å². The summed E-state index contributed by atoms with van der Waals surface area (Å²) in [6, 6.07) is 21.5. The average Bonchev–Trinajstić information content (AvgIpc) is 2.94. The van der Waals surface area contributed by atoms with Crippen LogP contribution >= 0.6 is 12.2 Å². The third-order valence-corrected chi connectivity index (χ3v) is 6.84. The first-order valence-corrected chi connectivity index (χ1v) is 12.9. The van der Waals surface area contributed by atoms with Crippen LogP contribution in [0.2, 0.25) is 0 Å². The number of aromatic amines is 1. The van der Waals surface area contributed by atoms with Gasteiger partial charge in [-0.1, -0.05) is 25.1 Å². The molecule has 0 saturated carbocycles. The van der Waals surface area contributed by atoms with E-state index in [4.69, 9.17) is 26.4 Å². The van der Waals surface area contributed by atoms with Crippen LogP contribution in [0.15, 0.2) is 71.5 Å². The summed E-state index contributed by atoms with van der Waals surface area (Å²) in [5.41, 5.74) is 4.44. The molecule has 7 nitrogen and oxygen atoms in total. The van der Waals surface area contributed by atoms with Gasteiger partial charge in [-0.25, -0.2) is 0 Å². The van der Waals surface area contributed by atoms with Crippen LogP contribution < -0.4 is 25.1 Å². The third-order valence-electron chi connectivity index (χ3n) is 6.48. The number of ether oxygens (including phenoxy) is 3. The molecule has 0 atom stereocenters. The monoisotopic (exact) mass is 531 g/mol. The number of pyridine rings is 1. The molecule has 4 aromatic rings. The van der Waals surface area contributed by atoms with E-state index in [1.165, 1.54) is 5.56 Å². The minimum absolute atomic E-state index is 0.123. The predicted octanol–water partition coefficient (Wildman–Crippen LogP) is 5.56. The van der Waals surface area contributed by atoms with E-state index in [0.717, 1.165) is 34.3 Å². The van der Waals surface area contributed by atoms with E-state index in [2.05, 4.69) is 23.3 Å². The third kappa shape index (κ3) is 6.44. The van der Waals surface area contributed by atoms with Crippen molar-refractivity contribution in [3.05, 3.63) is 93.8 Å². The van der Waals surface area contributed by atoms with Crippen molar-refractivity contribution in [3.63, 3.8) is 0 Å². The van der Waals surface area contributed by atoms with Crippen molar-refractivity contribution < 1.29 is 14.2 Å². The molecular formula is C30H33N3O4S. The summed E-state index contributed by atoms with van der Waals surface area (Å²) in [4.78, 5) is 18.1. The van der Waals surface area contributed by atoms with Gasteiger partial charge in [-0.15, -0.1) is 0 Å². The molecule has 1 aromatic heterocycles. The number of nitrogens with one attached hydrogen (secondary N) is 2. The summed E-state index contributed by atoms with van der Waals surface area (Å²) in [5, 5.41) is 4.83. The maximum absolute atomic E-state index is 13.0. The first-order valence-electron chi connectivity index (χ1n) is 12.5. The van der Waals surface area contributed by atoms with Crippen molar-refractivity contribution >= 4 is 33.9 Å². The summed E-state index contributed by atoms with van der Waals surface area (Å²) in [6.07, 6.45) is 1.61. The highest BCUT2D eigenvalue weighted by Gasteiger charge is 2.15. The van der Waals surface area contributed by atoms with E-state index in [9.17, 15) is 4.79 Å². The molecule has 0 bridgehead atoms. The van der Waals surface area contributed by atoms with Gasteiger partial charge in [0.2, 0.25) is 0 Å². The Balaban J connectivity index is 1.62. The van der Waals surface area contributed by atoms with Crippen LogP contribution in [0.25, 0.3) is 10.9 Å². The summed E-state index contributed by atoms with van der Waals surface area (Å²) < 4.78 is 16.2. The van der Waals surface area contributed by atoms with Crippen LogP contribution in [-0.4, -0.2) is 42.9 Å². The lowest BCUT2D eigenvalue weighted by molar-refractivity contribution is 0.354. The normalized spacial score (nSPS) is 10.7. The Bertz CT molecular complexity index is 1480. The summed E-state index contributed by atoms with van der Waals surface area (Å²) in [6.45, 7) is 3.05. The van der Waals surface area contributed by atoms with Crippen molar-refractivity contribution in [2.45, 2.75) is 26.3 Å². The van der Waals surface area contributed by atoms with E-state index >= 15 is 0 Å². The Morgan fingerprint density at radius 1 is 0.921 bits per heavy atom. The number of aryl methyl sites for hydroxylation is 1. The van der Waals surface area contributed by atoms with Crippen LogP contribution in [0.5, 0.6) is 17.2 Å². The van der Waals surface area contributed by atoms with Crippen molar-refractivity contribution in [1.82, 2.24) is 9.88 Å². The second kappa shape index (κ2) is 12.5. The molecule has 0 aliphatic heterocycles. The number of benzene rings is 3. The second-order valence-electron chi connectivity index (χ2n) is 8.92. The fourth-order valence-electron chi connectivity index (χ4n) is 4.30. The van der Waals surface area contributed by atoms with Crippen LogP contribution in [0, 0.1) is 0 Å². The molecule has 8 heteroatoms. The number of aromatic nitrogens is 1. The molecule has 0 saturated heterocycles. The molecular weight excluding hydrogens is 498 g/mol. The number of rotatable bonds is 10. The van der Waals surface area contributed by atoms with Gasteiger partial charge in [0, 0.05) is 29.4 Å². The molecule has 0 unspecified atom stereocenters. The van der Waals surface area contributed by atoms with E-state index in [-0.39, 0.29) is 5.56 Å². The molecule has 0 radical (unpaired) electrons. The number of fused-ring (bicyclic) bond motifs is 1. The lowest BCUT2D eigenvalue weighted by Crippen LogP contribution is -2.37. The highest BCUT2D eigenvalue weighted by Crippen LogP contribution is 2.28. The zero-order valence-electron chi connectivity index (χ0n) is 22.2. The van der Waals surface area contributed by atoms with Crippen molar-refractivity contribution in [2.24, 2.45) is 0 Å². The van der Waals surface area contributed by atoms with Crippen molar-refractivity contribution in [1.29, 1.82) is 0 Å². The zero-order valence-corrected chi connectivity index (χ0v) is 23.0. The molecule has 198 valence electrons. The number of thiocarbonyl (C=S) groups is 1. The topological polar surface area (TPSA) is 75.8 Å². The van der Waals surface area contributed by atoms with Gasteiger partial charge < -0.3 is 29.4 Å². The summed E-state index contributed by atoms with van der Waals surface area (Å²) in [5.74, 6) is 2.08. The Morgan fingerprint density at radius 2 is 1.71 bits per heavy atom. The molecule has 0 fully saturated rings. The first kappa shape index (κ1) is 27.0. The lowest BCUT2D eigenvalue weighted by Gasteiger charge is -2.26. The quantitative estimate of drug-likeness (QED) is 0.260. The predicted molar refractivity (Wildman–Crippen MR) is 157 cm³/mol. The number of hydrogen-bond donors (Lipinski definition) is 2. The Morgan fingerprint density at radius 3 is 2.45 bits per heavy atom. The Labute approximate surface area is 228 Å². The van der Waals surface area contributed by atoms with Gasteiger partial charge in [0.05, 0.1) is 27.9 Å². The van der Waals surface area contributed by atoms with E-state index < -0.39 is 0 Å². The number of hydrogen-bond acceptors (Lipinski definition) is 5. The minimum atomic E-state index is -0.123. The van der Waals surface area contributed by atoms with E-state index in [1.54, 1.807) is 21.3 Å². The molecule has 0 aliphatic rings. The standard InChI is InChI=1S/C30H33N3O4S/c1-5-20-9-11-26-22(15-20)17-23(29(34)32-26)19-33(30(38)31-24-7-6-8-25(18-24)35-2)14-13-21-10-12-27(36-3)28(16-21)37-4/h6-12,15-18H,5,13-14,19H2,1-4H3,(H,31,38)(H,32,34). The second-order valence-corrected chi connectivity index (χ2v) is 9.31. The maximum atomic E-state index is 13.0. The fraction of sp³-hybridized carbons (Fsp3) is 0.267. The van der Waals surface area contributed by atoms with Crippen LogP contribution in [0.4, 0.5) is 5.69 Å². The van der Waals surface area contributed by atoms with Gasteiger partial charge in [0.15, 0.2) is 16.6 Å². The fourth-order valence-corrected chi connectivity index (χ4v) is 4.57. The number of methoxy groups -OCH3 is 3. The van der Waals surface area contributed by atoms with Crippen molar-refractivity contribution in [2.75, 3.05) is 33.2 Å². The molecule has 3 aromatic carbocycles. The smallest absolute Gasteiger partial charge is 0.253 e. The van der Waals surface area contributed by atoms with Gasteiger partial charge in [0.1, 0.15) is 5.75 Å². The van der Waals surface area contributed by atoms with Gasteiger partial charge >= 0.3 is 0 Å². The zero-order chi connectivity index (χ0) is 27.1. The van der Waals surface area contributed by atoms with E-state index in [0.29, 0.717) is 41.7 Å². The Kier molecular flexibility index (Phi) is 8.86. The molecule has 38 heavy (non-hydrogen) atoms. The van der Waals surface area contributed by atoms with Gasteiger partial charge in [-0.3, -0.25) is 4.79 Å². The number of anilines is 1. The molecule has 0 spiro atoms. The summed E-state index contributed by atoms with van der Waals surface area (Å²) >= 11 is 5.84. The SMILES string of the molecule is CCc1ccc2[nH]c(=O)c(CN(CCc3ccc(OC)c(OC)c3)C(=S)Nc3cccc(OC)c3)cc2c1. The lowest BCUT2D eigenvalue weighted by atomic mass is 10.1. The van der Waals surface area contributed by atoms with Gasteiger partial charge in [-0.05, 0) is 84.0 Å². The van der Waals surface area contributed by atoms with Crippen molar-refractivity contribution in [3.8, 4) is 17.2 Å². The molecule has 1 heterocycles. The van der Waals surface area contributed by atoms with Crippen LogP contribution in [0.1, 0.15) is 23.6 Å². The summed E-state index contributed by atoms with van der Waals surface area (Å²) in [7, 11) is 4.87. The number of H-pyrrole nitrogens is 1. The highest BCUT2D eigenvalue weighted by molar-refractivity contribution is 7.80. The molecule has 0 amide bonds. The first-order chi connectivity index (χ1) is 18.4. The number of nitrogens with zero attached hydrogens (tertiary/aromatic N) is 1. The molecule has 2 N–H and O–H groups in total. The minimum Gasteiger partial charge on any atom is -0.497 e. The average molecular weight is 532 g/mol. The largest absolute Gasteiger partial charge is 0.497 e. The van der Waals surface area contributed by atoms with Crippen LogP contribution in [0.3, 0.4) is 0 Å². The van der Waals surface area contributed by atoms with Gasteiger partial charge in [-0.2, -0.15) is 0 Å².